The van der Waals surface area contributed by atoms with E-state index in [1.54, 1.807) is 13.2 Å². The molecule has 0 radical (unpaired) electrons. The first-order valence-electron chi connectivity index (χ1n) is 6.55. The van der Waals surface area contributed by atoms with Crippen molar-refractivity contribution < 1.29 is 13.9 Å². The van der Waals surface area contributed by atoms with Gasteiger partial charge in [0.2, 0.25) is 11.8 Å². The van der Waals surface area contributed by atoms with E-state index in [9.17, 15) is 4.79 Å². The van der Waals surface area contributed by atoms with Crippen molar-refractivity contribution in [2.24, 2.45) is 0 Å². The number of benzene rings is 1. The van der Waals surface area contributed by atoms with Gasteiger partial charge in [-0.3, -0.25) is 4.79 Å². The Morgan fingerprint density at radius 1 is 1.27 bits per heavy atom. The molecule has 0 saturated heterocycles. The third-order valence-corrected chi connectivity index (χ3v) is 3.82. The quantitative estimate of drug-likeness (QED) is 0.783. The molecule has 0 aliphatic heterocycles. The van der Waals surface area contributed by atoms with E-state index in [-0.39, 0.29) is 12.5 Å². The molecule has 3 rings (SSSR count). The fourth-order valence-corrected chi connectivity index (χ4v) is 2.47. The van der Waals surface area contributed by atoms with Crippen molar-refractivity contribution in [3.05, 3.63) is 52.5 Å². The van der Waals surface area contributed by atoms with Crippen molar-refractivity contribution >= 4 is 17.2 Å². The molecule has 1 N–H and O–H groups in total. The van der Waals surface area contributed by atoms with E-state index in [2.05, 4.69) is 15.5 Å². The summed E-state index contributed by atoms with van der Waals surface area (Å²) in [6.07, 6.45) is 0. The summed E-state index contributed by atoms with van der Waals surface area (Å²) in [5.41, 5.74) is 0.795. The van der Waals surface area contributed by atoms with Crippen molar-refractivity contribution in [2.45, 2.75) is 6.54 Å². The molecule has 3 aromatic rings. The second kappa shape index (κ2) is 6.40. The van der Waals surface area contributed by atoms with Crippen LogP contribution in [0, 0.1) is 0 Å². The first-order valence-corrected chi connectivity index (χ1v) is 7.43. The highest BCUT2D eigenvalue weighted by atomic mass is 32.1. The molecule has 1 aromatic carbocycles. The molecule has 0 atom stereocenters. The van der Waals surface area contributed by atoms with Gasteiger partial charge in [-0.25, -0.2) is 0 Å². The zero-order valence-electron chi connectivity index (χ0n) is 11.8. The van der Waals surface area contributed by atoms with Crippen LogP contribution >= 0.6 is 11.3 Å². The maximum atomic E-state index is 11.8. The van der Waals surface area contributed by atoms with Gasteiger partial charge in [0.1, 0.15) is 5.75 Å². The van der Waals surface area contributed by atoms with E-state index < -0.39 is 0 Å². The largest absolute Gasteiger partial charge is 0.497 e. The average Bonchev–Trinajstić information content (AvgIpc) is 3.24. The zero-order valence-corrected chi connectivity index (χ0v) is 12.6. The van der Waals surface area contributed by atoms with E-state index in [1.165, 1.54) is 11.3 Å². The summed E-state index contributed by atoms with van der Waals surface area (Å²) in [5.74, 6) is 1.37. The molecule has 0 saturated carbocycles. The molecular weight excluding hydrogens is 302 g/mol. The summed E-state index contributed by atoms with van der Waals surface area (Å²) in [4.78, 5) is 12.5. The molecule has 6 nitrogen and oxygen atoms in total. The normalized spacial score (nSPS) is 10.4. The minimum absolute atomic E-state index is 0.154. The predicted octanol–water partition coefficient (Wildman–Crippen LogP) is 2.74. The lowest BCUT2D eigenvalue weighted by molar-refractivity contribution is 0.0951. The number of ether oxygens (including phenoxy) is 1. The fraction of sp³-hybridized carbons (Fsp3) is 0.133. The molecule has 0 spiro atoms. The van der Waals surface area contributed by atoms with Crippen LogP contribution in [0.2, 0.25) is 0 Å². The Morgan fingerprint density at radius 2 is 2.09 bits per heavy atom. The molecule has 0 fully saturated rings. The van der Waals surface area contributed by atoms with Gasteiger partial charge in [-0.2, -0.15) is 0 Å². The zero-order chi connectivity index (χ0) is 15.4. The van der Waals surface area contributed by atoms with Gasteiger partial charge in [-0.1, -0.05) is 6.07 Å². The Labute approximate surface area is 130 Å². The topological polar surface area (TPSA) is 77.3 Å². The van der Waals surface area contributed by atoms with Crippen LogP contribution in [0.3, 0.4) is 0 Å². The average molecular weight is 315 g/mol. The number of hydrogen-bond acceptors (Lipinski definition) is 6. The van der Waals surface area contributed by atoms with Gasteiger partial charge >= 0.3 is 0 Å². The molecule has 0 aliphatic rings. The number of carbonyl (C=O) groups is 1. The van der Waals surface area contributed by atoms with Crippen molar-refractivity contribution in [1.82, 2.24) is 15.5 Å². The Balaban J connectivity index is 1.64. The number of thiophene rings is 1. The third-order valence-electron chi connectivity index (χ3n) is 2.95. The lowest BCUT2D eigenvalue weighted by atomic mass is 10.2. The highest BCUT2D eigenvalue weighted by Crippen LogP contribution is 2.21. The van der Waals surface area contributed by atoms with E-state index in [4.69, 9.17) is 9.15 Å². The first kappa shape index (κ1) is 14.3. The molecule has 2 aromatic heterocycles. The summed E-state index contributed by atoms with van der Waals surface area (Å²) in [6.45, 7) is 0.194. The van der Waals surface area contributed by atoms with Gasteiger partial charge in [-0.05, 0) is 35.7 Å². The molecule has 1 amide bonds. The molecule has 0 aliphatic carbocycles. The monoisotopic (exact) mass is 315 g/mol. The van der Waals surface area contributed by atoms with Crippen LogP contribution in [0.15, 0.2) is 46.2 Å². The van der Waals surface area contributed by atoms with Gasteiger partial charge in [0.25, 0.3) is 5.91 Å². The Hall–Kier alpha value is -2.67. The molecule has 0 bridgehead atoms. The number of amides is 1. The highest BCUT2D eigenvalue weighted by Gasteiger charge is 2.11. The molecular formula is C15H13N3O3S. The maximum Gasteiger partial charge on any atom is 0.261 e. The summed E-state index contributed by atoms with van der Waals surface area (Å²) >= 11 is 1.38. The number of nitrogens with one attached hydrogen (secondary N) is 1. The maximum absolute atomic E-state index is 11.8. The highest BCUT2D eigenvalue weighted by molar-refractivity contribution is 7.12. The van der Waals surface area contributed by atoms with Crippen LogP contribution in [0.25, 0.3) is 11.5 Å². The molecule has 2 heterocycles. The van der Waals surface area contributed by atoms with Crippen LogP contribution in [0.5, 0.6) is 5.75 Å². The van der Waals surface area contributed by atoms with Crippen molar-refractivity contribution in [1.29, 1.82) is 0 Å². The Bertz CT molecular complexity index is 751. The second-order valence-corrected chi connectivity index (χ2v) is 5.34. The number of hydrogen-bond donors (Lipinski definition) is 1. The fourth-order valence-electron chi connectivity index (χ4n) is 1.83. The molecule has 112 valence electrons. The van der Waals surface area contributed by atoms with Crippen molar-refractivity contribution in [3.63, 3.8) is 0 Å². The van der Waals surface area contributed by atoms with E-state index in [0.717, 1.165) is 11.3 Å². The number of methoxy groups -OCH3 is 1. The minimum Gasteiger partial charge on any atom is -0.497 e. The smallest absolute Gasteiger partial charge is 0.261 e. The van der Waals surface area contributed by atoms with Gasteiger partial charge in [-0.15, -0.1) is 21.5 Å². The number of carbonyl (C=O) groups excluding carboxylic acids is 1. The summed E-state index contributed by atoms with van der Waals surface area (Å²) in [6, 6.07) is 10.9. The van der Waals surface area contributed by atoms with Gasteiger partial charge in [0.05, 0.1) is 18.5 Å². The molecule has 22 heavy (non-hydrogen) atoms. The van der Waals surface area contributed by atoms with Crippen LogP contribution < -0.4 is 10.1 Å². The van der Waals surface area contributed by atoms with Crippen LogP contribution in [-0.2, 0) is 6.54 Å². The number of nitrogens with zero attached hydrogens (tertiary/aromatic N) is 2. The molecule has 7 heteroatoms. The lowest BCUT2D eigenvalue weighted by Gasteiger charge is -2.00. The molecule has 0 unspecified atom stereocenters. The summed E-state index contributed by atoms with van der Waals surface area (Å²) in [5, 5.41) is 12.5. The Morgan fingerprint density at radius 3 is 2.77 bits per heavy atom. The van der Waals surface area contributed by atoms with E-state index in [1.807, 2.05) is 35.7 Å². The van der Waals surface area contributed by atoms with Crippen molar-refractivity contribution in [3.8, 4) is 17.2 Å². The summed E-state index contributed by atoms with van der Waals surface area (Å²) < 4.78 is 10.6. The van der Waals surface area contributed by atoms with Crippen LogP contribution in [-0.4, -0.2) is 23.2 Å². The first-order chi connectivity index (χ1) is 10.8. The number of aromatic nitrogens is 2. The van der Waals surface area contributed by atoms with Crippen LogP contribution in [0.4, 0.5) is 0 Å². The number of rotatable bonds is 5. The second-order valence-electron chi connectivity index (χ2n) is 4.39. The van der Waals surface area contributed by atoms with Gasteiger partial charge in [0, 0.05) is 5.56 Å². The Kier molecular flexibility index (Phi) is 4.15. The van der Waals surface area contributed by atoms with Gasteiger partial charge in [0.15, 0.2) is 0 Å². The summed E-state index contributed by atoms with van der Waals surface area (Å²) in [7, 11) is 1.61. The third kappa shape index (κ3) is 3.15. The van der Waals surface area contributed by atoms with Gasteiger partial charge < -0.3 is 14.5 Å². The lowest BCUT2D eigenvalue weighted by Crippen LogP contribution is -2.21. The van der Waals surface area contributed by atoms with E-state index in [0.29, 0.717) is 16.7 Å². The standard InChI is InChI=1S/C15H13N3O3S/c1-20-11-6-4-10(5-7-11)15-18-17-13(21-15)9-16-14(19)12-3-2-8-22-12/h2-8H,9H2,1H3,(H,16,19). The SMILES string of the molecule is COc1ccc(-c2nnc(CNC(=O)c3cccs3)o2)cc1. The predicted molar refractivity (Wildman–Crippen MR) is 81.8 cm³/mol. The van der Waals surface area contributed by atoms with Crippen LogP contribution in [0.1, 0.15) is 15.6 Å². The van der Waals surface area contributed by atoms with Crippen molar-refractivity contribution in [2.75, 3.05) is 7.11 Å². The van der Waals surface area contributed by atoms with E-state index >= 15 is 0 Å². The minimum atomic E-state index is -0.154.